The average molecular weight is 247 g/mol. The van der Waals surface area contributed by atoms with E-state index in [1.165, 1.54) is 0 Å². The van der Waals surface area contributed by atoms with E-state index in [1.807, 2.05) is 26.8 Å². The third-order valence-electron chi connectivity index (χ3n) is 2.43. The second kappa shape index (κ2) is 4.73. The Morgan fingerprint density at radius 2 is 1.87 bits per heavy atom. The van der Waals surface area contributed by atoms with Gasteiger partial charge in [0.05, 0.1) is 6.10 Å². The van der Waals surface area contributed by atoms with Gasteiger partial charge in [0.1, 0.15) is 0 Å². The topological polar surface area (TPSA) is 20.2 Å². The van der Waals surface area contributed by atoms with Crippen molar-refractivity contribution in [3.05, 3.63) is 33.8 Å². The molecule has 0 radical (unpaired) electrons. The van der Waals surface area contributed by atoms with Gasteiger partial charge in [0, 0.05) is 16.5 Å². The van der Waals surface area contributed by atoms with E-state index in [4.69, 9.17) is 23.2 Å². The molecule has 1 atom stereocenters. The zero-order valence-corrected chi connectivity index (χ0v) is 10.7. The van der Waals surface area contributed by atoms with Gasteiger partial charge in [0.25, 0.3) is 0 Å². The van der Waals surface area contributed by atoms with E-state index in [9.17, 15) is 5.11 Å². The van der Waals surface area contributed by atoms with E-state index in [1.54, 1.807) is 12.1 Å². The summed E-state index contributed by atoms with van der Waals surface area (Å²) in [7, 11) is 0. The zero-order chi connectivity index (χ0) is 11.6. The van der Waals surface area contributed by atoms with Crippen molar-refractivity contribution in [3.8, 4) is 0 Å². The van der Waals surface area contributed by atoms with Crippen molar-refractivity contribution in [1.29, 1.82) is 0 Å². The monoisotopic (exact) mass is 246 g/mol. The molecule has 0 bridgehead atoms. The van der Waals surface area contributed by atoms with Crippen molar-refractivity contribution >= 4 is 23.2 Å². The summed E-state index contributed by atoms with van der Waals surface area (Å²) in [5.74, 6) is 0. The second-order valence-electron chi connectivity index (χ2n) is 4.82. The molecule has 0 aliphatic carbocycles. The van der Waals surface area contributed by atoms with Gasteiger partial charge in [0.15, 0.2) is 0 Å². The summed E-state index contributed by atoms with van der Waals surface area (Å²) >= 11 is 11.8. The molecule has 0 saturated heterocycles. The molecule has 15 heavy (non-hydrogen) atoms. The van der Waals surface area contributed by atoms with Gasteiger partial charge in [-0.05, 0) is 23.1 Å². The van der Waals surface area contributed by atoms with Crippen LogP contribution in [0, 0.1) is 5.41 Å². The Labute approximate surface area is 101 Å². The van der Waals surface area contributed by atoms with Crippen LogP contribution in [0.4, 0.5) is 0 Å². The Morgan fingerprint density at radius 1 is 1.27 bits per heavy atom. The van der Waals surface area contributed by atoms with Crippen LogP contribution in [0.1, 0.15) is 26.3 Å². The molecule has 1 rings (SSSR count). The Hall–Kier alpha value is -0.240. The molecule has 0 aliphatic rings. The van der Waals surface area contributed by atoms with Gasteiger partial charge in [-0.1, -0.05) is 50.0 Å². The summed E-state index contributed by atoms with van der Waals surface area (Å²) in [5, 5.41) is 11.2. The van der Waals surface area contributed by atoms with Gasteiger partial charge in [-0.3, -0.25) is 0 Å². The number of hydrogen-bond donors (Lipinski definition) is 1. The first-order chi connectivity index (χ1) is 6.80. The highest BCUT2D eigenvalue weighted by Crippen LogP contribution is 2.27. The lowest BCUT2D eigenvalue weighted by molar-refractivity contribution is 0.0636. The molecule has 0 amide bonds. The summed E-state index contributed by atoms with van der Waals surface area (Å²) in [6.45, 7) is 6.00. The molecule has 0 fully saturated rings. The fraction of sp³-hybridized carbons (Fsp3) is 0.500. The lowest BCUT2D eigenvalue weighted by Gasteiger charge is -2.26. The van der Waals surface area contributed by atoms with Crippen LogP contribution in [0.3, 0.4) is 0 Å². The minimum Gasteiger partial charge on any atom is -0.392 e. The van der Waals surface area contributed by atoms with E-state index in [0.29, 0.717) is 16.5 Å². The highest BCUT2D eigenvalue weighted by atomic mass is 35.5. The normalized spacial score (nSPS) is 14.0. The van der Waals surface area contributed by atoms with Crippen molar-refractivity contribution in [3.63, 3.8) is 0 Å². The van der Waals surface area contributed by atoms with Gasteiger partial charge < -0.3 is 5.11 Å². The van der Waals surface area contributed by atoms with Crippen LogP contribution in [0.2, 0.25) is 10.0 Å². The smallest absolute Gasteiger partial charge is 0.0629 e. The van der Waals surface area contributed by atoms with Crippen molar-refractivity contribution in [1.82, 2.24) is 0 Å². The number of aliphatic hydroxyl groups is 1. The van der Waals surface area contributed by atoms with Crippen molar-refractivity contribution in [2.45, 2.75) is 33.3 Å². The zero-order valence-electron chi connectivity index (χ0n) is 9.22. The molecule has 0 aromatic heterocycles. The van der Waals surface area contributed by atoms with E-state index in [-0.39, 0.29) is 5.41 Å². The molecule has 1 N–H and O–H groups in total. The van der Waals surface area contributed by atoms with Crippen molar-refractivity contribution in [2.75, 3.05) is 0 Å². The number of benzene rings is 1. The maximum atomic E-state index is 9.94. The summed E-state index contributed by atoms with van der Waals surface area (Å²) < 4.78 is 0. The van der Waals surface area contributed by atoms with E-state index < -0.39 is 6.10 Å². The van der Waals surface area contributed by atoms with Crippen molar-refractivity contribution < 1.29 is 5.11 Å². The van der Waals surface area contributed by atoms with Crippen LogP contribution in [-0.4, -0.2) is 11.2 Å². The Kier molecular flexibility index (Phi) is 4.05. The summed E-state index contributed by atoms with van der Waals surface area (Å²) in [5.41, 5.74) is 0.798. The lowest BCUT2D eigenvalue weighted by atomic mass is 9.85. The fourth-order valence-corrected chi connectivity index (χ4v) is 1.69. The molecule has 1 aromatic carbocycles. The van der Waals surface area contributed by atoms with E-state index in [0.717, 1.165) is 5.56 Å². The summed E-state index contributed by atoms with van der Waals surface area (Å²) in [6, 6.07) is 5.35. The molecular weight excluding hydrogens is 231 g/mol. The molecule has 0 saturated carbocycles. The predicted octanol–water partition coefficient (Wildman–Crippen LogP) is 3.94. The van der Waals surface area contributed by atoms with Crippen LogP contribution in [0.15, 0.2) is 18.2 Å². The highest BCUT2D eigenvalue weighted by Gasteiger charge is 2.22. The Bertz CT molecular complexity index is 342. The SMILES string of the molecule is CC(C)(C)C(O)Cc1ccc(Cl)cc1Cl. The molecule has 0 heterocycles. The first kappa shape index (κ1) is 12.8. The van der Waals surface area contributed by atoms with Crippen molar-refractivity contribution in [2.24, 2.45) is 5.41 Å². The van der Waals surface area contributed by atoms with Gasteiger partial charge in [0.2, 0.25) is 0 Å². The van der Waals surface area contributed by atoms with Gasteiger partial charge in [-0.2, -0.15) is 0 Å². The molecule has 84 valence electrons. The summed E-state index contributed by atoms with van der Waals surface area (Å²) in [6.07, 6.45) is 0.149. The number of halogens is 2. The van der Waals surface area contributed by atoms with Crippen LogP contribution in [0.5, 0.6) is 0 Å². The highest BCUT2D eigenvalue weighted by molar-refractivity contribution is 6.35. The molecule has 1 unspecified atom stereocenters. The lowest BCUT2D eigenvalue weighted by Crippen LogP contribution is -2.28. The molecule has 0 aliphatic heterocycles. The van der Waals surface area contributed by atoms with E-state index in [2.05, 4.69) is 0 Å². The fourth-order valence-electron chi connectivity index (χ4n) is 1.20. The molecule has 1 aromatic rings. The predicted molar refractivity (Wildman–Crippen MR) is 65.6 cm³/mol. The molecule has 3 heteroatoms. The quantitative estimate of drug-likeness (QED) is 0.839. The largest absolute Gasteiger partial charge is 0.392 e. The maximum Gasteiger partial charge on any atom is 0.0629 e. The third kappa shape index (κ3) is 3.67. The van der Waals surface area contributed by atoms with Crippen LogP contribution in [0.25, 0.3) is 0 Å². The van der Waals surface area contributed by atoms with Crippen LogP contribution in [-0.2, 0) is 6.42 Å². The first-order valence-corrected chi connectivity index (χ1v) is 5.68. The second-order valence-corrected chi connectivity index (χ2v) is 5.67. The minimum absolute atomic E-state index is 0.136. The Balaban J connectivity index is 2.82. The van der Waals surface area contributed by atoms with Gasteiger partial charge in [-0.15, -0.1) is 0 Å². The number of hydrogen-bond acceptors (Lipinski definition) is 1. The van der Waals surface area contributed by atoms with Gasteiger partial charge >= 0.3 is 0 Å². The van der Waals surface area contributed by atoms with Gasteiger partial charge in [-0.25, -0.2) is 0 Å². The van der Waals surface area contributed by atoms with E-state index >= 15 is 0 Å². The third-order valence-corrected chi connectivity index (χ3v) is 3.01. The summed E-state index contributed by atoms with van der Waals surface area (Å²) in [4.78, 5) is 0. The van der Waals surface area contributed by atoms with Crippen LogP contribution >= 0.6 is 23.2 Å². The molecule has 0 spiro atoms. The average Bonchev–Trinajstić information content (AvgIpc) is 2.08. The maximum absolute atomic E-state index is 9.94. The number of aliphatic hydroxyl groups excluding tert-OH is 1. The number of rotatable bonds is 2. The minimum atomic E-state index is -0.406. The first-order valence-electron chi connectivity index (χ1n) is 4.92. The standard InChI is InChI=1S/C12H16Cl2O/c1-12(2,3)11(15)6-8-4-5-9(13)7-10(8)14/h4-5,7,11,15H,6H2,1-3H3. The molecule has 1 nitrogen and oxygen atoms in total. The molecular formula is C12H16Cl2O. The van der Waals surface area contributed by atoms with Crippen LogP contribution < -0.4 is 0 Å². The Morgan fingerprint density at radius 3 is 2.33 bits per heavy atom.